The van der Waals surface area contributed by atoms with E-state index in [0.29, 0.717) is 19.8 Å². The van der Waals surface area contributed by atoms with Gasteiger partial charge < -0.3 is 15.2 Å². The first-order valence-corrected chi connectivity index (χ1v) is 5.10. The van der Waals surface area contributed by atoms with Gasteiger partial charge in [-0.1, -0.05) is 0 Å². The molecule has 94 valence electrons. The number of hydrogen-bond donors (Lipinski definition) is 2. The fourth-order valence-electron chi connectivity index (χ4n) is 1.25. The Kier molecular flexibility index (Phi) is 4.84. The summed E-state index contributed by atoms with van der Waals surface area (Å²) in [4.78, 5) is 10.5. The molecular weight excluding hydrogens is 232 g/mol. The number of carbonyl (C=O) groups is 1. The second-order valence-electron chi connectivity index (χ2n) is 3.22. The molecule has 1 aromatic carbocycles. The molecular formula is C11H13F2NO3. The molecule has 0 aliphatic rings. The third kappa shape index (κ3) is 3.39. The molecule has 0 spiro atoms. The van der Waals surface area contributed by atoms with Crippen molar-refractivity contribution >= 4 is 11.7 Å². The predicted octanol–water partition coefficient (Wildman–Crippen LogP) is 2.11. The highest BCUT2D eigenvalue weighted by Crippen LogP contribution is 2.20. The van der Waals surface area contributed by atoms with Crippen LogP contribution >= 0.6 is 0 Å². The summed E-state index contributed by atoms with van der Waals surface area (Å²) < 4.78 is 31.7. The number of aromatic carboxylic acids is 1. The summed E-state index contributed by atoms with van der Waals surface area (Å²) in [5.74, 6) is -4.05. The van der Waals surface area contributed by atoms with Gasteiger partial charge in [-0.2, -0.15) is 0 Å². The molecule has 0 atom stereocenters. The largest absolute Gasteiger partial charge is 0.478 e. The van der Waals surface area contributed by atoms with Gasteiger partial charge in [0.25, 0.3) is 0 Å². The molecule has 2 N–H and O–H groups in total. The van der Waals surface area contributed by atoms with Crippen molar-refractivity contribution in [3.05, 3.63) is 29.3 Å². The number of hydrogen-bond acceptors (Lipinski definition) is 3. The van der Waals surface area contributed by atoms with Gasteiger partial charge >= 0.3 is 5.97 Å². The molecule has 0 aliphatic heterocycles. The highest BCUT2D eigenvalue weighted by molar-refractivity contribution is 5.88. The van der Waals surface area contributed by atoms with Crippen molar-refractivity contribution in [3.63, 3.8) is 0 Å². The van der Waals surface area contributed by atoms with Gasteiger partial charge in [0.2, 0.25) is 0 Å². The third-order valence-corrected chi connectivity index (χ3v) is 2.08. The van der Waals surface area contributed by atoms with Crippen LogP contribution in [0.15, 0.2) is 12.1 Å². The minimum absolute atomic E-state index is 0.0767. The molecule has 0 radical (unpaired) electrons. The van der Waals surface area contributed by atoms with E-state index in [1.165, 1.54) is 6.07 Å². The summed E-state index contributed by atoms with van der Waals surface area (Å²) in [5.41, 5.74) is -0.759. The highest BCUT2D eigenvalue weighted by Gasteiger charge is 2.17. The Morgan fingerprint density at radius 3 is 2.71 bits per heavy atom. The highest BCUT2D eigenvalue weighted by atomic mass is 19.2. The first kappa shape index (κ1) is 13.4. The Balaban J connectivity index is 2.75. The third-order valence-electron chi connectivity index (χ3n) is 2.08. The van der Waals surface area contributed by atoms with Gasteiger partial charge in [0.1, 0.15) is 0 Å². The quantitative estimate of drug-likeness (QED) is 0.753. The monoisotopic (exact) mass is 245 g/mol. The van der Waals surface area contributed by atoms with E-state index in [2.05, 4.69) is 5.32 Å². The zero-order valence-electron chi connectivity index (χ0n) is 9.30. The number of rotatable bonds is 6. The molecule has 0 heterocycles. The van der Waals surface area contributed by atoms with Gasteiger partial charge in [-0.3, -0.25) is 0 Å². The Morgan fingerprint density at radius 2 is 2.12 bits per heavy atom. The lowest BCUT2D eigenvalue weighted by molar-refractivity contribution is 0.0690. The lowest BCUT2D eigenvalue weighted by atomic mass is 10.2. The lowest BCUT2D eigenvalue weighted by Gasteiger charge is -2.09. The number of carboxylic acids is 1. The Hall–Kier alpha value is -1.69. The number of anilines is 1. The van der Waals surface area contributed by atoms with Crippen molar-refractivity contribution in [3.8, 4) is 0 Å². The summed E-state index contributed by atoms with van der Waals surface area (Å²) in [5, 5.41) is 11.2. The van der Waals surface area contributed by atoms with E-state index in [1.54, 1.807) is 0 Å². The minimum Gasteiger partial charge on any atom is -0.478 e. The Labute approximate surface area is 97.2 Å². The SMILES string of the molecule is CCOCCNc1ccc(C(=O)O)c(F)c1F. The molecule has 0 unspecified atom stereocenters. The number of ether oxygens (including phenoxy) is 1. The van der Waals surface area contributed by atoms with Crippen LogP contribution in [0.5, 0.6) is 0 Å². The van der Waals surface area contributed by atoms with Gasteiger partial charge in [-0.05, 0) is 19.1 Å². The molecule has 0 bridgehead atoms. The van der Waals surface area contributed by atoms with Crippen LogP contribution in [0, 0.1) is 11.6 Å². The number of nitrogens with one attached hydrogen (secondary N) is 1. The molecule has 0 fully saturated rings. The van der Waals surface area contributed by atoms with E-state index in [0.717, 1.165) is 6.07 Å². The summed E-state index contributed by atoms with van der Waals surface area (Å²) in [6, 6.07) is 2.21. The first-order valence-electron chi connectivity index (χ1n) is 5.10. The van der Waals surface area contributed by atoms with Crippen LogP contribution in [0.3, 0.4) is 0 Å². The van der Waals surface area contributed by atoms with Gasteiger partial charge in [-0.15, -0.1) is 0 Å². The van der Waals surface area contributed by atoms with Crippen molar-refractivity contribution < 1.29 is 23.4 Å². The van der Waals surface area contributed by atoms with Crippen LogP contribution < -0.4 is 5.32 Å². The van der Waals surface area contributed by atoms with E-state index in [9.17, 15) is 13.6 Å². The first-order chi connectivity index (χ1) is 8.07. The molecule has 0 aliphatic carbocycles. The van der Waals surface area contributed by atoms with Crippen LogP contribution in [-0.2, 0) is 4.74 Å². The van der Waals surface area contributed by atoms with E-state index in [-0.39, 0.29) is 5.69 Å². The van der Waals surface area contributed by atoms with Gasteiger partial charge in [0.15, 0.2) is 11.6 Å². The topological polar surface area (TPSA) is 58.6 Å². The van der Waals surface area contributed by atoms with Crippen LogP contribution in [0.25, 0.3) is 0 Å². The molecule has 1 aromatic rings. The van der Waals surface area contributed by atoms with Crippen molar-refractivity contribution in [2.24, 2.45) is 0 Å². The molecule has 6 heteroatoms. The molecule has 0 amide bonds. The van der Waals surface area contributed by atoms with E-state index < -0.39 is 23.2 Å². The molecule has 1 rings (SSSR count). The Morgan fingerprint density at radius 1 is 1.41 bits per heavy atom. The maximum atomic E-state index is 13.4. The van der Waals surface area contributed by atoms with E-state index in [4.69, 9.17) is 9.84 Å². The van der Waals surface area contributed by atoms with Gasteiger partial charge in [-0.25, -0.2) is 13.6 Å². The summed E-state index contributed by atoms with van der Waals surface area (Å²) in [6.45, 7) is 3.03. The average molecular weight is 245 g/mol. The zero-order valence-corrected chi connectivity index (χ0v) is 9.30. The number of carboxylic acid groups (broad SMARTS) is 1. The van der Waals surface area contributed by atoms with Crippen molar-refractivity contribution in [1.82, 2.24) is 0 Å². The smallest absolute Gasteiger partial charge is 0.338 e. The normalized spacial score (nSPS) is 10.3. The molecule has 4 nitrogen and oxygen atoms in total. The molecule has 17 heavy (non-hydrogen) atoms. The van der Waals surface area contributed by atoms with Crippen molar-refractivity contribution in [2.45, 2.75) is 6.92 Å². The standard InChI is InChI=1S/C11H13F2NO3/c1-2-17-6-5-14-8-4-3-7(11(15)16)9(12)10(8)13/h3-4,14H,2,5-6H2,1H3,(H,15,16). The maximum absolute atomic E-state index is 13.4. The minimum atomic E-state index is -1.50. The van der Waals surface area contributed by atoms with Gasteiger partial charge in [0, 0.05) is 13.2 Å². The van der Waals surface area contributed by atoms with E-state index >= 15 is 0 Å². The average Bonchev–Trinajstić information content (AvgIpc) is 2.29. The fraction of sp³-hybridized carbons (Fsp3) is 0.364. The second-order valence-corrected chi connectivity index (χ2v) is 3.22. The van der Waals surface area contributed by atoms with Crippen LogP contribution in [-0.4, -0.2) is 30.8 Å². The molecule has 0 aromatic heterocycles. The maximum Gasteiger partial charge on any atom is 0.338 e. The lowest BCUT2D eigenvalue weighted by Crippen LogP contribution is -2.12. The van der Waals surface area contributed by atoms with Gasteiger partial charge in [0.05, 0.1) is 17.9 Å². The summed E-state index contributed by atoms with van der Waals surface area (Å²) in [7, 11) is 0. The summed E-state index contributed by atoms with van der Waals surface area (Å²) in [6.07, 6.45) is 0. The van der Waals surface area contributed by atoms with Crippen LogP contribution in [0.4, 0.5) is 14.5 Å². The fourth-order valence-corrected chi connectivity index (χ4v) is 1.25. The van der Waals surface area contributed by atoms with E-state index in [1.807, 2.05) is 6.92 Å². The number of halogens is 2. The zero-order chi connectivity index (χ0) is 12.8. The van der Waals surface area contributed by atoms with Crippen LogP contribution in [0.2, 0.25) is 0 Å². The predicted molar refractivity (Wildman–Crippen MR) is 58.3 cm³/mol. The Bertz CT molecular complexity index is 410. The molecule has 0 saturated carbocycles. The van der Waals surface area contributed by atoms with Crippen molar-refractivity contribution in [2.75, 3.05) is 25.1 Å². The second kappa shape index (κ2) is 6.15. The summed E-state index contributed by atoms with van der Waals surface area (Å²) >= 11 is 0. The number of benzene rings is 1. The van der Waals surface area contributed by atoms with Crippen LogP contribution in [0.1, 0.15) is 17.3 Å². The van der Waals surface area contributed by atoms with Crippen molar-refractivity contribution in [1.29, 1.82) is 0 Å². The molecule has 0 saturated heterocycles.